The average molecular weight is 649 g/mol. The lowest BCUT2D eigenvalue weighted by molar-refractivity contribution is 0.669. The van der Waals surface area contributed by atoms with Gasteiger partial charge in [0.25, 0.3) is 0 Å². The molecule has 0 atom stereocenters. The summed E-state index contributed by atoms with van der Waals surface area (Å²) in [5, 5.41) is 7.18. The lowest BCUT2D eigenvalue weighted by Gasteiger charge is -2.20. The Morgan fingerprint density at radius 1 is 0.255 bits per heavy atom. The molecule has 51 heavy (non-hydrogen) atoms. The predicted molar refractivity (Wildman–Crippen MR) is 216 cm³/mol. The fourth-order valence-corrected chi connectivity index (χ4v) is 7.98. The van der Waals surface area contributed by atoms with Gasteiger partial charge in [-0.05, 0) is 95.4 Å². The van der Waals surface area contributed by atoms with Gasteiger partial charge in [0, 0.05) is 10.8 Å². The molecule has 0 aliphatic rings. The fraction of sp³-hybridized carbons (Fsp3) is 0. The Morgan fingerprint density at radius 3 is 1.33 bits per heavy atom. The number of furan rings is 1. The van der Waals surface area contributed by atoms with Crippen LogP contribution in [0, 0.1) is 0 Å². The summed E-state index contributed by atoms with van der Waals surface area (Å²) in [5.41, 5.74) is 13.9. The number of hydrogen-bond donors (Lipinski definition) is 0. The smallest absolute Gasteiger partial charge is 0.136 e. The van der Waals surface area contributed by atoms with E-state index in [0.29, 0.717) is 0 Å². The van der Waals surface area contributed by atoms with Crippen LogP contribution in [0.5, 0.6) is 0 Å². The minimum Gasteiger partial charge on any atom is -0.456 e. The Bertz CT molecular complexity index is 2820. The van der Waals surface area contributed by atoms with Crippen molar-refractivity contribution in [3.8, 4) is 55.6 Å². The second kappa shape index (κ2) is 12.0. The molecule has 0 amide bonds. The van der Waals surface area contributed by atoms with E-state index in [1.54, 1.807) is 0 Å². The van der Waals surface area contributed by atoms with E-state index >= 15 is 0 Å². The van der Waals surface area contributed by atoms with E-state index in [1.165, 1.54) is 77.2 Å². The molecule has 1 heteroatoms. The summed E-state index contributed by atoms with van der Waals surface area (Å²) >= 11 is 0. The van der Waals surface area contributed by atoms with Crippen molar-refractivity contribution in [2.24, 2.45) is 0 Å². The van der Waals surface area contributed by atoms with Crippen LogP contribution in [0.2, 0.25) is 0 Å². The van der Waals surface area contributed by atoms with Crippen molar-refractivity contribution in [2.45, 2.75) is 0 Å². The Kier molecular flexibility index (Phi) is 6.89. The normalized spacial score (nSPS) is 11.5. The van der Waals surface area contributed by atoms with E-state index in [1.807, 2.05) is 0 Å². The third-order valence-corrected chi connectivity index (χ3v) is 10.3. The molecule has 1 heterocycles. The number of benzene rings is 9. The van der Waals surface area contributed by atoms with E-state index in [9.17, 15) is 0 Å². The van der Waals surface area contributed by atoms with Crippen LogP contribution >= 0.6 is 0 Å². The van der Waals surface area contributed by atoms with Crippen molar-refractivity contribution >= 4 is 43.5 Å². The maximum atomic E-state index is 6.52. The van der Waals surface area contributed by atoms with Crippen molar-refractivity contribution in [1.29, 1.82) is 0 Å². The van der Waals surface area contributed by atoms with E-state index in [0.717, 1.165) is 21.9 Å². The number of fused-ring (bicyclic) bond motifs is 5. The molecule has 10 aromatic rings. The molecule has 0 saturated carbocycles. The Labute approximate surface area is 296 Å². The Balaban J connectivity index is 1.23. The van der Waals surface area contributed by atoms with Gasteiger partial charge in [0.15, 0.2) is 0 Å². The van der Waals surface area contributed by atoms with Crippen molar-refractivity contribution in [2.75, 3.05) is 0 Å². The first-order chi connectivity index (χ1) is 25.3. The first kappa shape index (κ1) is 29.2. The van der Waals surface area contributed by atoms with Crippen LogP contribution in [0.1, 0.15) is 0 Å². The summed E-state index contributed by atoms with van der Waals surface area (Å²) in [7, 11) is 0. The molecule has 0 aliphatic heterocycles. The molecule has 0 saturated heterocycles. The second-order valence-corrected chi connectivity index (χ2v) is 13.2. The summed E-state index contributed by atoms with van der Waals surface area (Å²) < 4.78 is 6.52. The molecule has 0 aliphatic carbocycles. The van der Waals surface area contributed by atoms with Gasteiger partial charge >= 0.3 is 0 Å². The van der Waals surface area contributed by atoms with Crippen molar-refractivity contribution in [3.63, 3.8) is 0 Å². The first-order valence-corrected chi connectivity index (χ1v) is 17.5. The van der Waals surface area contributed by atoms with Gasteiger partial charge in [-0.1, -0.05) is 176 Å². The molecule has 0 bridgehead atoms. The molecule has 1 nitrogen and oxygen atoms in total. The summed E-state index contributed by atoms with van der Waals surface area (Å²) in [5.74, 6) is 0. The van der Waals surface area contributed by atoms with Crippen LogP contribution in [0.25, 0.3) is 99.1 Å². The molecule has 0 unspecified atom stereocenters. The van der Waals surface area contributed by atoms with Gasteiger partial charge in [0.05, 0.1) is 0 Å². The summed E-state index contributed by atoms with van der Waals surface area (Å²) in [6.07, 6.45) is 0. The minimum absolute atomic E-state index is 0.897. The zero-order valence-electron chi connectivity index (χ0n) is 27.9. The van der Waals surface area contributed by atoms with Gasteiger partial charge in [-0.15, -0.1) is 0 Å². The lowest BCUT2D eigenvalue weighted by atomic mass is 9.83. The van der Waals surface area contributed by atoms with Gasteiger partial charge in [-0.25, -0.2) is 0 Å². The SMILES string of the molecule is c1ccc(-c2ccc(-c3ccccc3-c3c4ccccc4c(-c4cccc5oc6ccc(-c7ccccc7)cc6c45)c4ccccc34)cc2)cc1. The largest absolute Gasteiger partial charge is 0.456 e. The van der Waals surface area contributed by atoms with Crippen molar-refractivity contribution < 1.29 is 4.42 Å². The molecule has 9 aromatic carbocycles. The zero-order valence-corrected chi connectivity index (χ0v) is 27.9. The molecule has 0 spiro atoms. The molecule has 0 N–H and O–H groups in total. The third-order valence-electron chi connectivity index (χ3n) is 10.3. The quantitative estimate of drug-likeness (QED) is 0.169. The van der Waals surface area contributed by atoms with E-state index in [4.69, 9.17) is 4.42 Å². The highest BCUT2D eigenvalue weighted by Crippen LogP contribution is 2.48. The van der Waals surface area contributed by atoms with Crippen LogP contribution in [-0.4, -0.2) is 0 Å². The number of rotatable bonds is 5. The van der Waals surface area contributed by atoms with Gasteiger partial charge in [-0.2, -0.15) is 0 Å². The molecule has 0 fully saturated rings. The zero-order chi connectivity index (χ0) is 33.7. The van der Waals surface area contributed by atoms with Crippen LogP contribution in [0.3, 0.4) is 0 Å². The molecule has 238 valence electrons. The highest BCUT2D eigenvalue weighted by Gasteiger charge is 2.21. The summed E-state index contributed by atoms with van der Waals surface area (Å²) in [4.78, 5) is 0. The summed E-state index contributed by atoms with van der Waals surface area (Å²) in [6, 6.07) is 69.9. The van der Waals surface area contributed by atoms with E-state index < -0.39 is 0 Å². The topological polar surface area (TPSA) is 13.1 Å². The van der Waals surface area contributed by atoms with E-state index in [2.05, 4.69) is 194 Å². The Hall–Kier alpha value is -6.70. The molecular weight excluding hydrogens is 617 g/mol. The van der Waals surface area contributed by atoms with Gasteiger partial charge in [0.1, 0.15) is 11.2 Å². The highest BCUT2D eigenvalue weighted by molar-refractivity contribution is 6.26. The van der Waals surface area contributed by atoms with Crippen LogP contribution in [0.4, 0.5) is 0 Å². The van der Waals surface area contributed by atoms with Crippen LogP contribution in [-0.2, 0) is 0 Å². The van der Waals surface area contributed by atoms with Crippen molar-refractivity contribution in [3.05, 3.63) is 194 Å². The third kappa shape index (κ3) is 4.86. The van der Waals surface area contributed by atoms with Crippen molar-refractivity contribution in [1.82, 2.24) is 0 Å². The minimum atomic E-state index is 0.897. The average Bonchev–Trinajstić information content (AvgIpc) is 3.59. The van der Waals surface area contributed by atoms with Gasteiger partial charge < -0.3 is 4.42 Å². The van der Waals surface area contributed by atoms with Crippen LogP contribution < -0.4 is 0 Å². The highest BCUT2D eigenvalue weighted by atomic mass is 16.3. The second-order valence-electron chi connectivity index (χ2n) is 13.2. The maximum absolute atomic E-state index is 6.52. The first-order valence-electron chi connectivity index (χ1n) is 17.5. The summed E-state index contributed by atoms with van der Waals surface area (Å²) in [6.45, 7) is 0. The standard InChI is InChI=1S/C50H32O/c1-3-14-33(15-4-1)35-26-28-36(29-27-35)38-18-7-8-19-39(38)48-40-20-9-11-22-42(40)49(43-23-12-10-21-41(43)48)44-24-13-25-47-50(44)45-32-37(30-31-46(45)51-47)34-16-5-2-6-17-34/h1-32H. The molecule has 1 aromatic heterocycles. The predicted octanol–water partition coefficient (Wildman–Crippen LogP) is 14.2. The molecular formula is C50H32O. The molecule has 10 rings (SSSR count). The fourth-order valence-electron chi connectivity index (χ4n) is 7.98. The van der Waals surface area contributed by atoms with Crippen LogP contribution in [0.15, 0.2) is 199 Å². The van der Waals surface area contributed by atoms with E-state index in [-0.39, 0.29) is 0 Å². The lowest BCUT2D eigenvalue weighted by Crippen LogP contribution is -1.93. The number of hydrogen-bond acceptors (Lipinski definition) is 1. The monoisotopic (exact) mass is 648 g/mol. The molecule has 0 radical (unpaired) electrons. The van der Waals surface area contributed by atoms with Gasteiger partial charge in [-0.3, -0.25) is 0 Å². The Morgan fingerprint density at radius 2 is 0.706 bits per heavy atom. The maximum Gasteiger partial charge on any atom is 0.136 e. The van der Waals surface area contributed by atoms with Gasteiger partial charge in [0.2, 0.25) is 0 Å².